The minimum atomic E-state index is 0.467. The second-order valence-corrected chi connectivity index (χ2v) is 4.25. The fourth-order valence-corrected chi connectivity index (χ4v) is 1.76. The maximum Gasteiger partial charge on any atom is 0.143 e. The highest BCUT2D eigenvalue weighted by atomic mass is 79.9. The highest BCUT2D eigenvalue weighted by Gasteiger charge is 2.01. The highest BCUT2D eigenvalue weighted by Crippen LogP contribution is 2.26. The Labute approximate surface area is 93.8 Å². The van der Waals surface area contributed by atoms with Crippen molar-refractivity contribution < 1.29 is 0 Å². The number of benzene rings is 1. The second-order valence-electron chi connectivity index (χ2n) is 2.60. The third kappa shape index (κ3) is 1.80. The molecule has 1 nitrogen and oxygen atoms in total. The molecular formula is C9H4BrCl2N. The average Bonchev–Trinajstić information content (AvgIpc) is 2.08. The van der Waals surface area contributed by atoms with Gasteiger partial charge in [0.2, 0.25) is 0 Å². The molecule has 0 atom stereocenters. The van der Waals surface area contributed by atoms with E-state index in [0.29, 0.717) is 10.2 Å². The lowest BCUT2D eigenvalue weighted by Gasteiger charge is -2.00. The van der Waals surface area contributed by atoms with Crippen molar-refractivity contribution in [2.45, 2.75) is 0 Å². The first-order valence-electron chi connectivity index (χ1n) is 3.58. The minimum Gasteiger partial charge on any atom is -0.235 e. The molecule has 0 saturated carbocycles. The fourth-order valence-electron chi connectivity index (χ4n) is 1.10. The lowest BCUT2D eigenvalue weighted by molar-refractivity contribution is 1.39. The maximum atomic E-state index is 5.84. The molecule has 4 heteroatoms. The van der Waals surface area contributed by atoms with Gasteiger partial charge in [0.1, 0.15) is 5.15 Å². The van der Waals surface area contributed by atoms with Crippen molar-refractivity contribution in [2.75, 3.05) is 0 Å². The lowest BCUT2D eigenvalue weighted by Crippen LogP contribution is -1.81. The van der Waals surface area contributed by atoms with E-state index in [1.54, 1.807) is 6.07 Å². The Bertz CT molecular complexity index is 470. The van der Waals surface area contributed by atoms with Crippen LogP contribution < -0.4 is 0 Å². The van der Waals surface area contributed by atoms with Crippen LogP contribution in [0.3, 0.4) is 0 Å². The monoisotopic (exact) mass is 275 g/mol. The van der Waals surface area contributed by atoms with Gasteiger partial charge in [-0.1, -0.05) is 23.2 Å². The van der Waals surface area contributed by atoms with Crippen LogP contribution >= 0.6 is 39.1 Å². The Morgan fingerprint density at radius 3 is 2.69 bits per heavy atom. The van der Waals surface area contributed by atoms with Gasteiger partial charge in [-0.15, -0.1) is 0 Å². The van der Waals surface area contributed by atoms with Crippen molar-refractivity contribution in [3.05, 3.63) is 38.9 Å². The number of nitrogens with zero attached hydrogens (tertiary/aromatic N) is 1. The van der Waals surface area contributed by atoms with E-state index in [0.717, 1.165) is 15.4 Å². The van der Waals surface area contributed by atoms with E-state index in [1.165, 1.54) is 0 Å². The molecule has 0 aliphatic rings. The number of aromatic nitrogens is 1. The Hall–Kier alpha value is -0.310. The Morgan fingerprint density at radius 2 is 1.92 bits per heavy atom. The standard InChI is InChI=1S/C9H4BrCl2N/c10-7-4-5-3-6(11)1-2-8(5)13-9(7)12/h1-4H. The summed E-state index contributed by atoms with van der Waals surface area (Å²) in [4.78, 5) is 4.18. The summed E-state index contributed by atoms with van der Waals surface area (Å²) in [5, 5.41) is 2.14. The molecule has 13 heavy (non-hydrogen) atoms. The van der Waals surface area contributed by atoms with Crippen LogP contribution in [-0.2, 0) is 0 Å². The smallest absolute Gasteiger partial charge is 0.143 e. The second kappa shape index (κ2) is 3.45. The number of fused-ring (bicyclic) bond motifs is 1. The molecule has 0 N–H and O–H groups in total. The molecular weight excluding hydrogens is 273 g/mol. The van der Waals surface area contributed by atoms with E-state index in [1.807, 2.05) is 18.2 Å². The summed E-state index contributed by atoms with van der Waals surface area (Å²) >= 11 is 15.0. The molecule has 0 saturated heterocycles. The van der Waals surface area contributed by atoms with Gasteiger partial charge < -0.3 is 0 Å². The summed E-state index contributed by atoms with van der Waals surface area (Å²) < 4.78 is 0.781. The normalized spacial score (nSPS) is 10.7. The molecule has 0 bridgehead atoms. The summed E-state index contributed by atoms with van der Waals surface area (Å²) in [7, 11) is 0. The van der Waals surface area contributed by atoms with E-state index in [9.17, 15) is 0 Å². The van der Waals surface area contributed by atoms with E-state index in [-0.39, 0.29) is 0 Å². The van der Waals surface area contributed by atoms with E-state index < -0.39 is 0 Å². The molecule has 66 valence electrons. The summed E-state index contributed by atoms with van der Waals surface area (Å²) in [5.74, 6) is 0. The van der Waals surface area contributed by atoms with Crippen LogP contribution in [0.25, 0.3) is 10.9 Å². The molecule has 0 aliphatic heterocycles. The zero-order valence-electron chi connectivity index (χ0n) is 6.39. The summed E-state index contributed by atoms with van der Waals surface area (Å²) in [5.41, 5.74) is 0.845. The molecule has 0 amide bonds. The minimum absolute atomic E-state index is 0.467. The first kappa shape index (κ1) is 9.25. The summed E-state index contributed by atoms with van der Waals surface area (Å²) in [6, 6.07) is 7.39. The molecule has 0 unspecified atom stereocenters. The zero-order valence-corrected chi connectivity index (χ0v) is 9.49. The van der Waals surface area contributed by atoms with E-state index in [2.05, 4.69) is 20.9 Å². The van der Waals surface area contributed by atoms with Gasteiger partial charge in [-0.05, 0) is 40.2 Å². The van der Waals surface area contributed by atoms with Gasteiger partial charge >= 0.3 is 0 Å². The number of halogens is 3. The number of rotatable bonds is 0. The van der Waals surface area contributed by atoms with Crippen LogP contribution in [0.2, 0.25) is 10.2 Å². The van der Waals surface area contributed by atoms with Crippen molar-refractivity contribution in [2.24, 2.45) is 0 Å². The molecule has 0 radical (unpaired) electrons. The third-order valence-corrected chi connectivity index (χ3v) is 3.04. The van der Waals surface area contributed by atoms with Gasteiger partial charge in [0.05, 0.1) is 9.99 Å². The largest absolute Gasteiger partial charge is 0.235 e. The number of hydrogen-bond donors (Lipinski definition) is 0. The maximum absolute atomic E-state index is 5.84. The van der Waals surface area contributed by atoms with Gasteiger partial charge in [0, 0.05) is 10.4 Å². The van der Waals surface area contributed by atoms with Crippen LogP contribution in [0.5, 0.6) is 0 Å². The number of hydrogen-bond acceptors (Lipinski definition) is 1. The van der Waals surface area contributed by atoms with Gasteiger partial charge in [0.15, 0.2) is 0 Å². The summed E-state index contributed by atoms with van der Waals surface area (Å²) in [6.07, 6.45) is 0. The zero-order chi connectivity index (χ0) is 9.42. The van der Waals surface area contributed by atoms with Crippen molar-refractivity contribution in [1.82, 2.24) is 4.98 Å². The quantitative estimate of drug-likeness (QED) is 0.654. The van der Waals surface area contributed by atoms with Gasteiger partial charge in [0.25, 0.3) is 0 Å². The third-order valence-electron chi connectivity index (χ3n) is 1.69. The van der Waals surface area contributed by atoms with E-state index in [4.69, 9.17) is 23.2 Å². The van der Waals surface area contributed by atoms with Gasteiger partial charge in [-0.3, -0.25) is 0 Å². The molecule has 1 aromatic heterocycles. The first-order valence-corrected chi connectivity index (χ1v) is 5.13. The first-order chi connectivity index (χ1) is 6.16. The SMILES string of the molecule is Clc1ccc2nc(Cl)c(Br)cc2c1. The Morgan fingerprint density at radius 1 is 1.15 bits per heavy atom. The molecule has 2 rings (SSSR count). The fraction of sp³-hybridized carbons (Fsp3) is 0. The van der Waals surface area contributed by atoms with Crippen molar-refractivity contribution >= 4 is 50.0 Å². The molecule has 1 heterocycles. The number of pyridine rings is 1. The molecule has 2 aromatic rings. The molecule has 0 aliphatic carbocycles. The van der Waals surface area contributed by atoms with Crippen LogP contribution in [0.15, 0.2) is 28.7 Å². The van der Waals surface area contributed by atoms with Crippen LogP contribution in [0.1, 0.15) is 0 Å². The predicted octanol–water partition coefficient (Wildman–Crippen LogP) is 4.30. The van der Waals surface area contributed by atoms with Crippen LogP contribution in [0.4, 0.5) is 0 Å². The average molecular weight is 277 g/mol. The van der Waals surface area contributed by atoms with Crippen molar-refractivity contribution in [3.8, 4) is 0 Å². The highest BCUT2D eigenvalue weighted by molar-refractivity contribution is 9.10. The molecule has 0 fully saturated rings. The van der Waals surface area contributed by atoms with Gasteiger partial charge in [-0.25, -0.2) is 4.98 Å². The molecule has 1 aromatic carbocycles. The van der Waals surface area contributed by atoms with Crippen molar-refractivity contribution in [3.63, 3.8) is 0 Å². The molecule has 0 spiro atoms. The van der Waals surface area contributed by atoms with Crippen LogP contribution in [-0.4, -0.2) is 4.98 Å². The van der Waals surface area contributed by atoms with Crippen LogP contribution in [0, 0.1) is 0 Å². The van der Waals surface area contributed by atoms with Crippen molar-refractivity contribution in [1.29, 1.82) is 0 Å². The topological polar surface area (TPSA) is 12.9 Å². The van der Waals surface area contributed by atoms with E-state index >= 15 is 0 Å². The Kier molecular flexibility index (Phi) is 2.45. The summed E-state index contributed by atoms with van der Waals surface area (Å²) in [6.45, 7) is 0. The Balaban J connectivity index is 2.81. The lowest BCUT2D eigenvalue weighted by atomic mass is 10.2. The predicted molar refractivity (Wildman–Crippen MR) is 59.5 cm³/mol. The van der Waals surface area contributed by atoms with Gasteiger partial charge in [-0.2, -0.15) is 0 Å².